The number of benzene rings is 1. The fourth-order valence-corrected chi connectivity index (χ4v) is 3.62. The van der Waals surface area contributed by atoms with Gasteiger partial charge in [-0.15, -0.1) is 0 Å². The molecule has 2 N–H and O–H groups in total. The van der Waals surface area contributed by atoms with Gasteiger partial charge < -0.3 is 5.73 Å². The third kappa shape index (κ3) is 3.60. The highest BCUT2D eigenvalue weighted by atomic mass is 14.8. The van der Waals surface area contributed by atoms with Crippen molar-refractivity contribution in [3.8, 4) is 0 Å². The molecule has 0 heterocycles. The van der Waals surface area contributed by atoms with Crippen molar-refractivity contribution in [1.82, 2.24) is 0 Å². The summed E-state index contributed by atoms with van der Waals surface area (Å²) in [6.45, 7) is 2.27. The monoisotopic (exact) mass is 259 g/mol. The summed E-state index contributed by atoms with van der Waals surface area (Å²) in [5.41, 5.74) is 8.21. The number of hydrogen-bond acceptors (Lipinski definition) is 1. The average Bonchev–Trinajstić information content (AvgIpc) is 2.49. The predicted octanol–water partition coefficient (Wildman–Crippen LogP) is 5.00. The number of rotatable bonds is 6. The minimum absolute atomic E-state index is 0.0865. The van der Waals surface area contributed by atoms with Gasteiger partial charge in [0.1, 0.15) is 0 Å². The minimum atomic E-state index is -0.0865. The van der Waals surface area contributed by atoms with Crippen molar-refractivity contribution >= 4 is 0 Å². The summed E-state index contributed by atoms with van der Waals surface area (Å²) in [4.78, 5) is 0. The van der Waals surface area contributed by atoms with Crippen LogP contribution in [0.4, 0.5) is 0 Å². The van der Waals surface area contributed by atoms with Crippen LogP contribution in [-0.2, 0) is 5.54 Å². The van der Waals surface area contributed by atoms with E-state index in [1.165, 1.54) is 56.9 Å². The van der Waals surface area contributed by atoms with Crippen LogP contribution >= 0.6 is 0 Å². The highest BCUT2D eigenvalue weighted by Gasteiger charge is 2.36. The van der Waals surface area contributed by atoms with Crippen molar-refractivity contribution in [2.75, 3.05) is 0 Å². The molecule has 0 spiro atoms. The highest BCUT2D eigenvalue weighted by molar-refractivity contribution is 5.25. The van der Waals surface area contributed by atoms with Crippen molar-refractivity contribution in [2.24, 2.45) is 11.7 Å². The normalized spacial score (nSPS) is 20.1. The predicted molar refractivity (Wildman–Crippen MR) is 83.0 cm³/mol. The third-order valence-electron chi connectivity index (χ3n) is 4.84. The second kappa shape index (κ2) is 7.09. The Kier molecular flexibility index (Phi) is 5.45. The lowest BCUT2D eigenvalue weighted by atomic mass is 9.69. The molecule has 1 aliphatic rings. The Hall–Kier alpha value is -0.820. The molecule has 106 valence electrons. The van der Waals surface area contributed by atoms with E-state index in [-0.39, 0.29) is 5.54 Å². The second-order valence-corrected chi connectivity index (χ2v) is 6.20. The van der Waals surface area contributed by atoms with E-state index in [2.05, 4.69) is 37.3 Å². The van der Waals surface area contributed by atoms with Crippen molar-refractivity contribution in [3.05, 3.63) is 35.9 Å². The summed E-state index contributed by atoms with van der Waals surface area (Å²) >= 11 is 0. The molecular formula is C18H29N. The minimum Gasteiger partial charge on any atom is -0.321 e. The Bertz CT molecular complexity index is 353. The number of nitrogens with two attached hydrogens (primary N) is 1. The largest absolute Gasteiger partial charge is 0.321 e. The summed E-state index contributed by atoms with van der Waals surface area (Å²) < 4.78 is 0. The SMILES string of the molecule is CCCCCC(N)(c1ccccc1)C1CCCCC1. The zero-order valence-electron chi connectivity index (χ0n) is 12.4. The Morgan fingerprint density at radius 3 is 2.37 bits per heavy atom. The van der Waals surface area contributed by atoms with Gasteiger partial charge in [-0.2, -0.15) is 0 Å². The van der Waals surface area contributed by atoms with E-state index in [0.29, 0.717) is 5.92 Å². The molecular weight excluding hydrogens is 230 g/mol. The van der Waals surface area contributed by atoms with Crippen molar-refractivity contribution in [1.29, 1.82) is 0 Å². The lowest BCUT2D eigenvalue weighted by Crippen LogP contribution is -2.45. The van der Waals surface area contributed by atoms with Crippen LogP contribution in [0.5, 0.6) is 0 Å². The first-order chi connectivity index (χ1) is 9.27. The molecule has 1 atom stereocenters. The van der Waals surface area contributed by atoms with E-state index in [1.807, 2.05) is 0 Å². The summed E-state index contributed by atoms with van der Waals surface area (Å²) in [6.07, 6.45) is 11.8. The van der Waals surface area contributed by atoms with Crippen LogP contribution < -0.4 is 5.73 Å². The van der Waals surface area contributed by atoms with Crippen molar-refractivity contribution < 1.29 is 0 Å². The van der Waals surface area contributed by atoms with Gasteiger partial charge in [-0.25, -0.2) is 0 Å². The summed E-state index contributed by atoms with van der Waals surface area (Å²) in [6, 6.07) is 10.8. The maximum absolute atomic E-state index is 6.93. The molecule has 0 saturated heterocycles. The molecule has 1 unspecified atom stereocenters. The summed E-state index contributed by atoms with van der Waals surface area (Å²) in [5, 5.41) is 0. The molecule has 1 aromatic carbocycles. The van der Waals surface area contributed by atoms with Gasteiger partial charge in [-0.3, -0.25) is 0 Å². The molecule has 1 nitrogen and oxygen atoms in total. The molecule has 1 fully saturated rings. The zero-order valence-corrected chi connectivity index (χ0v) is 12.4. The summed E-state index contributed by atoms with van der Waals surface area (Å²) in [7, 11) is 0. The Morgan fingerprint density at radius 2 is 1.74 bits per heavy atom. The van der Waals surface area contributed by atoms with Gasteiger partial charge >= 0.3 is 0 Å². The van der Waals surface area contributed by atoms with Gasteiger partial charge in [0.05, 0.1) is 0 Å². The van der Waals surface area contributed by atoms with Crippen LogP contribution in [0.15, 0.2) is 30.3 Å². The molecule has 0 aromatic heterocycles. The third-order valence-corrected chi connectivity index (χ3v) is 4.84. The van der Waals surface area contributed by atoms with Crippen LogP contribution in [0.2, 0.25) is 0 Å². The molecule has 0 aliphatic heterocycles. The second-order valence-electron chi connectivity index (χ2n) is 6.20. The molecule has 1 saturated carbocycles. The van der Waals surface area contributed by atoms with Crippen LogP contribution in [0.1, 0.15) is 70.3 Å². The van der Waals surface area contributed by atoms with Gasteiger partial charge in [0.15, 0.2) is 0 Å². The molecule has 0 radical (unpaired) electrons. The van der Waals surface area contributed by atoms with E-state index < -0.39 is 0 Å². The molecule has 0 bridgehead atoms. The van der Waals surface area contributed by atoms with Crippen LogP contribution in [0, 0.1) is 5.92 Å². The number of unbranched alkanes of at least 4 members (excludes halogenated alkanes) is 2. The molecule has 1 aromatic rings. The maximum Gasteiger partial charge on any atom is 0.0438 e. The van der Waals surface area contributed by atoms with Crippen molar-refractivity contribution in [3.63, 3.8) is 0 Å². The van der Waals surface area contributed by atoms with Crippen LogP contribution in [0.25, 0.3) is 0 Å². The molecule has 1 aliphatic carbocycles. The van der Waals surface area contributed by atoms with E-state index in [0.717, 1.165) is 6.42 Å². The van der Waals surface area contributed by atoms with Gasteiger partial charge in [0.2, 0.25) is 0 Å². The van der Waals surface area contributed by atoms with Crippen molar-refractivity contribution in [2.45, 2.75) is 70.3 Å². The Labute approximate surface area is 118 Å². The Morgan fingerprint density at radius 1 is 1.05 bits per heavy atom. The summed E-state index contributed by atoms with van der Waals surface area (Å²) in [5.74, 6) is 0.681. The van der Waals surface area contributed by atoms with Gasteiger partial charge in [0.25, 0.3) is 0 Å². The first-order valence-electron chi connectivity index (χ1n) is 8.12. The molecule has 19 heavy (non-hydrogen) atoms. The topological polar surface area (TPSA) is 26.0 Å². The fraction of sp³-hybridized carbons (Fsp3) is 0.667. The van der Waals surface area contributed by atoms with Crippen LogP contribution in [0.3, 0.4) is 0 Å². The molecule has 0 amide bonds. The van der Waals surface area contributed by atoms with Crippen LogP contribution in [-0.4, -0.2) is 0 Å². The standard InChI is InChI=1S/C18H29N/c1-2-3-10-15-18(19,16-11-6-4-7-12-16)17-13-8-5-9-14-17/h4,6-7,11-12,17H,2-3,5,8-10,13-15,19H2,1H3. The first kappa shape index (κ1) is 14.6. The van der Waals surface area contributed by atoms with Gasteiger partial charge in [0, 0.05) is 5.54 Å². The molecule has 1 heteroatoms. The fourth-order valence-electron chi connectivity index (χ4n) is 3.62. The van der Waals surface area contributed by atoms with E-state index in [1.54, 1.807) is 0 Å². The smallest absolute Gasteiger partial charge is 0.0438 e. The zero-order chi connectivity index (χ0) is 13.6. The van der Waals surface area contributed by atoms with Gasteiger partial charge in [-0.1, -0.05) is 75.8 Å². The van der Waals surface area contributed by atoms with E-state index in [4.69, 9.17) is 5.73 Å². The van der Waals surface area contributed by atoms with Gasteiger partial charge in [-0.05, 0) is 30.7 Å². The Balaban J connectivity index is 2.16. The number of hydrogen-bond donors (Lipinski definition) is 1. The average molecular weight is 259 g/mol. The van der Waals surface area contributed by atoms with E-state index in [9.17, 15) is 0 Å². The van der Waals surface area contributed by atoms with E-state index >= 15 is 0 Å². The highest BCUT2D eigenvalue weighted by Crippen LogP contribution is 2.40. The lowest BCUT2D eigenvalue weighted by Gasteiger charge is -2.40. The lowest BCUT2D eigenvalue weighted by molar-refractivity contribution is 0.189. The maximum atomic E-state index is 6.93. The quantitative estimate of drug-likeness (QED) is 0.715. The first-order valence-corrected chi connectivity index (χ1v) is 8.12. The molecule has 2 rings (SSSR count).